The molecule has 0 fully saturated rings. The maximum atomic E-state index is 13.4. The van der Waals surface area contributed by atoms with Crippen molar-refractivity contribution in [2.75, 3.05) is 13.6 Å². The number of carbonyl (C=O) groups excluding carboxylic acids is 1. The average molecular weight is 195 g/mol. The van der Waals surface area contributed by atoms with Gasteiger partial charge in [-0.1, -0.05) is 0 Å². The third-order valence-corrected chi connectivity index (χ3v) is 2.22. The van der Waals surface area contributed by atoms with Gasteiger partial charge in [0.2, 0.25) is 0 Å². The Morgan fingerprint density at radius 2 is 1.93 bits per heavy atom. The number of Topliss-reactive ketones (excluding diaryl/α,β-unsaturated/α-hetero) is 1. The Hall–Kier alpha value is -1.22. The number of nitrogens with one attached hydrogen (secondary N) is 1. The van der Waals surface area contributed by atoms with Crippen LogP contribution in [0.4, 0.5) is 4.39 Å². The highest BCUT2D eigenvalue weighted by Crippen LogP contribution is 2.14. The molecule has 1 N–H and O–H groups in total. The van der Waals surface area contributed by atoms with E-state index in [1.165, 1.54) is 6.07 Å². The number of carbonyl (C=O) groups is 1. The number of rotatable bonds is 3. The van der Waals surface area contributed by atoms with Crippen molar-refractivity contribution in [3.63, 3.8) is 0 Å². The lowest BCUT2D eigenvalue weighted by Crippen LogP contribution is -2.19. The van der Waals surface area contributed by atoms with Crippen molar-refractivity contribution in [3.05, 3.63) is 34.6 Å². The minimum Gasteiger partial charge on any atom is -0.313 e. The van der Waals surface area contributed by atoms with Gasteiger partial charge < -0.3 is 5.32 Å². The fourth-order valence-electron chi connectivity index (χ4n) is 1.25. The molecule has 1 rings (SSSR count). The predicted octanol–water partition coefficient (Wildman–Crippen LogP) is 1.84. The molecule has 0 bridgehead atoms. The largest absolute Gasteiger partial charge is 0.313 e. The van der Waals surface area contributed by atoms with Crippen molar-refractivity contribution in [2.45, 2.75) is 13.8 Å². The summed E-state index contributed by atoms with van der Waals surface area (Å²) >= 11 is 0. The van der Waals surface area contributed by atoms with E-state index in [-0.39, 0.29) is 17.9 Å². The van der Waals surface area contributed by atoms with Gasteiger partial charge in [0, 0.05) is 0 Å². The average Bonchev–Trinajstić information content (AvgIpc) is 2.11. The first kappa shape index (κ1) is 10.9. The molecule has 0 heterocycles. The Morgan fingerprint density at radius 1 is 1.36 bits per heavy atom. The highest BCUT2D eigenvalue weighted by molar-refractivity contribution is 5.98. The number of hydrogen-bond donors (Lipinski definition) is 1. The Morgan fingerprint density at radius 3 is 2.50 bits per heavy atom. The van der Waals surface area contributed by atoms with E-state index in [9.17, 15) is 9.18 Å². The molecular weight excluding hydrogens is 181 g/mol. The van der Waals surface area contributed by atoms with Crippen molar-refractivity contribution < 1.29 is 9.18 Å². The highest BCUT2D eigenvalue weighted by atomic mass is 19.1. The Bertz CT molecular complexity index is 361. The van der Waals surface area contributed by atoms with Crippen molar-refractivity contribution >= 4 is 5.78 Å². The van der Waals surface area contributed by atoms with Crippen LogP contribution in [0.15, 0.2) is 12.1 Å². The van der Waals surface area contributed by atoms with Crippen LogP contribution >= 0.6 is 0 Å². The van der Waals surface area contributed by atoms with Gasteiger partial charge in [-0.05, 0) is 44.2 Å². The third-order valence-electron chi connectivity index (χ3n) is 2.22. The highest BCUT2D eigenvalue weighted by Gasteiger charge is 2.11. The van der Waals surface area contributed by atoms with Gasteiger partial charge in [0.05, 0.1) is 12.1 Å². The summed E-state index contributed by atoms with van der Waals surface area (Å²) in [5.41, 5.74) is 1.97. The van der Waals surface area contributed by atoms with Crippen LogP contribution in [0, 0.1) is 19.7 Å². The summed E-state index contributed by atoms with van der Waals surface area (Å²) in [6.07, 6.45) is 0. The van der Waals surface area contributed by atoms with Crippen molar-refractivity contribution in [2.24, 2.45) is 0 Å². The molecule has 3 heteroatoms. The minimum atomic E-state index is -0.437. The second kappa shape index (κ2) is 4.33. The zero-order valence-corrected chi connectivity index (χ0v) is 8.65. The monoisotopic (exact) mass is 195 g/mol. The molecule has 0 atom stereocenters. The summed E-state index contributed by atoms with van der Waals surface area (Å²) in [5, 5.41) is 2.71. The summed E-state index contributed by atoms with van der Waals surface area (Å²) in [6.45, 7) is 3.86. The maximum Gasteiger partial charge on any atom is 0.179 e. The van der Waals surface area contributed by atoms with Crippen LogP contribution in [0.2, 0.25) is 0 Å². The van der Waals surface area contributed by atoms with Gasteiger partial charge in [-0.15, -0.1) is 0 Å². The first-order valence-electron chi connectivity index (χ1n) is 4.50. The zero-order valence-electron chi connectivity index (χ0n) is 8.65. The van der Waals surface area contributed by atoms with E-state index in [4.69, 9.17) is 0 Å². The zero-order chi connectivity index (χ0) is 10.7. The Kier molecular flexibility index (Phi) is 3.36. The predicted molar refractivity (Wildman–Crippen MR) is 54.1 cm³/mol. The number of halogens is 1. The lowest BCUT2D eigenvalue weighted by molar-refractivity contribution is 0.0989. The van der Waals surface area contributed by atoms with Crippen LogP contribution in [0.5, 0.6) is 0 Å². The molecule has 14 heavy (non-hydrogen) atoms. The SMILES string of the molecule is CNCC(=O)c1cc(C)c(C)cc1F. The summed E-state index contributed by atoms with van der Waals surface area (Å²) in [4.78, 5) is 11.4. The van der Waals surface area contributed by atoms with Crippen LogP contribution in [-0.2, 0) is 0 Å². The van der Waals surface area contributed by atoms with Crippen LogP contribution in [0.25, 0.3) is 0 Å². The number of ketones is 1. The van der Waals surface area contributed by atoms with Gasteiger partial charge in [-0.25, -0.2) is 4.39 Å². The number of likely N-dealkylation sites (N-methyl/N-ethyl adjacent to an activating group) is 1. The van der Waals surface area contributed by atoms with E-state index in [0.717, 1.165) is 11.1 Å². The third kappa shape index (κ3) is 2.17. The molecule has 0 unspecified atom stereocenters. The van der Waals surface area contributed by atoms with E-state index in [1.54, 1.807) is 13.1 Å². The van der Waals surface area contributed by atoms with Crippen LogP contribution in [-0.4, -0.2) is 19.4 Å². The van der Waals surface area contributed by atoms with Gasteiger partial charge in [0.15, 0.2) is 5.78 Å². The first-order valence-corrected chi connectivity index (χ1v) is 4.50. The first-order chi connectivity index (χ1) is 6.56. The van der Waals surface area contributed by atoms with Gasteiger partial charge in [0.25, 0.3) is 0 Å². The fraction of sp³-hybridized carbons (Fsp3) is 0.364. The molecular formula is C11H14FNO. The van der Waals surface area contributed by atoms with Gasteiger partial charge in [-0.2, -0.15) is 0 Å². The maximum absolute atomic E-state index is 13.4. The van der Waals surface area contributed by atoms with Gasteiger partial charge in [-0.3, -0.25) is 4.79 Å². The molecule has 0 amide bonds. The van der Waals surface area contributed by atoms with Crippen molar-refractivity contribution in [1.29, 1.82) is 0 Å². The van der Waals surface area contributed by atoms with Crippen molar-refractivity contribution in [1.82, 2.24) is 5.32 Å². The molecule has 0 aliphatic rings. The number of hydrogen-bond acceptors (Lipinski definition) is 2. The second-order valence-corrected chi connectivity index (χ2v) is 3.37. The summed E-state index contributed by atoms with van der Waals surface area (Å²) < 4.78 is 13.4. The molecule has 1 aromatic carbocycles. The number of aryl methyl sites for hydroxylation is 2. The second-order valence-electron chi connectivity index (χ2n) is 3.37. The molecule has 0 aliphatic carbocycles. The lowest BCUT2D eigenvalue weighted by Gasteiger charge is -2.05. The van der Waals surface area contributed by atoms with Crippen LogP contribution in [0.1, 0.15) is 21.5 Å². The quantitative estimate of drug-likeness (QED) is 0.746. The summed E-state index contributed by atoms with van der Waals surface area (Å²) in [5.74, 6) is -0.651. The van der Waals surface area contributed by atoms with E-state index in [1.807, 2.05) is 13.8 Å². The molecule has 0 radical (unpaired) electrons. The van der Waals surface area contributed by atoms with Crippen LogP contribution < -0.4 is 5.32 Å². The smallest absolute Gasteiger partial charge is 0.179 e. The Labute approximate surface area is 83.1 Å². The minimum absolute atomic E-state index is 0.166. The molecule has 2 nitrogen and oxygen atoms in total. The lowest BCUT2D eigenvalue weighted by atomic mass is 10.0. The molecule has 76 valence electrons. The van der Waals surface area contributed by atoms with Crippen LogP contribution in [0.3, 0.4) is 0 Å². The number of benzene rings is 1. The fourth-order valence-corrected chi connectivity index (χ4v) is 1.25. The van der Waals surface area contributed by atoms with E-state index in [2.05, 4.69) is 5.32 Å². The molecule has 0 saturated heterocycles. The van der Waals surface area contributed by atoms with Crippen molar-refractivity contribution in [3.8, 4) is 0 Å². The summed E-state index contributed by atoms with van der Waals surface area (Å²) in [7, 11) is 1.66. The molecule has 1 aromatic rings. The summed E-state index contributed by atoms with van der Waals surface area (Å²) in [6, 6.07) is 3.00. The van der Waals surface area contributed by atoms with E-state index in [0.29, 0.717) is 0 Å². The van der Waals surface area contributed by atoms with Gasteiger partial charge >= 0.3 is 0 Å². The van der Waals surface area contributed by atoms with E-state index >= 15 is 0 Å². The topological polar surface area (TPSA) is 29.1 Å². The van der Waals surface area contributed by atoms with E-state index < -0.39 is 5.82 Å². The van der Waals surface area contributed by atoms with Gasteiger partial charge in [0.1, 0.15) is 5.82 Å². The molecule has 0 aromatic heterocycles. The normalized spacial score (nSPS) is 10.3. The molecule has 0 spiro atoms. The Balaban J connectivity index is 3.09. The standard InChI is InChI=1S/C11H14FNO/c1-7-4-9(11(14)6-13-3)10(12)5-8(7)2/h4-5,13H,6H2,1-3H3. The molecule has 0 aliphatic heterocycles. The molecule has 0 saturated carbocycles.